The third kappa shape index (κ3) is 4.87. The van der Waals surface area contributed by atoms with E-state index in [1.54, 1.807) is 67.6 Å². The van der Waals surface area contributed by atoms with Crippen LogP contribution in [0.15, 0.2) is 71.6 Å². The molecule has 0 aliphatic carbocycles. The first-order chi connectivity index (χ1) is 15.7. The minimum absolute atomic E-state index is 0.238. The maximum Gasteiger partial charge on any atom is 0.265 e. The first-order valence-corrected chi connectivity index (χ1v) is 13.1. The van der Waals surface area contributed by atoms with Crippen LogP contribution in [0.25, 0.3) is 10.1 Å². The maximum atomic E-state index is 13.2. The van der Waals surface area contributed by atoms with Crippen molar-refractivity contribution in [1.82, 2.24) is 0 Å². The molecule has 4 aromatic rings. The van der Waals surface area contributed by atoms with Gasteiger partial charge in [-0.05, 0) is 73.8 Å². The van der Waals surface area contributed by atoms with Crippen molar-refractivity contribution in [3.8, 4) is 0 Å². The highest BCUT2D eigenvalue weighted by Gasteiger charge is 2.24. The fraction of sp³-hybridized carbons (Fsp3) is 0.125. The van der Waals surface area contributed by atoms with E-state index in [4.69, 9.17) is 23.2 Å². The van der Waals surface area contributed by atoms with E-state index in [-0.39, 0.29) is 17.3 Å². The number of sulfonamides is 1. The Morgan fingerprint density at radius 1 is 0.970 bits per heavy atom. The van der Waals surface area contributed by atoms with Crippen molar-refractivity contribution in [3.05, 3.63) is 87.2 Å². The van der Waals surface area contributed by atoms with Gasteiger partial charge >= 0.3 is 0 Å². The molecule has 3 aromatic carbocycles. The fourth-order valence-corrected chi connectivity index (χ4v) is 6.10. The summed E-state index contributed by atoms with van der Waals surface area (Å²) in [4.78, 5) is 13.5. The molecule has 0 aliphatic heterocycles. The predicted molar refractivity (Wildman–Crippen MR) is 138 cm³/mol. The van der Waals surface area contributed by atoms with Gasteiger partial charge in [-0.1, -0.05) is 40.9 Å². The highest BCUT2D eigenvalue weighted by Crippen LogP contribution is 2.32. The van der Waals surface area contributed by atoms with Crippen molar-refractivity contribution >= 4 is 71.9 Å². The van der Waals surface area contributed by atoms with Crippen LogP contribution in [-0.2, 0) is 10.0 Å². The number of rotatable bonds is 6. The third-order valence-corrected chi connectivity index (χ3v) is 8.86. The van der Waals surface area contributed by atoms with E-state index in [1.807, 2.05) is 13.0 Å². The SMILES string of the molecule is CCN(c1ccc2sc(C(=O)Nc3ccc(Cl)c(Cl)c3)cc2c1)S(=O)(=O)c1ccc(C)cc1. The standard InChI is InChI=1S/C24H20Cl2N2O3S2/c1-3-28(33(30,31)19-8-4-15(2)5-9-19)18-7-11-22-16(12-18)13-23(32-22)24(29)27-17-6-10-20(25)21(26)14-17/h4-14H,3H2,1-2H3,(H,27,29). The number of nitrogens with zero attached hydrogens (tertiary/aromatic N) is 1. The molecule has 0 atom stereocenters. The Labute approximate surface area is 206 Å². The number of thiophene rings is 1. The molecule has 33 heavy (non-hydrogen) atoms. The summed E-state index contributed by atoms with van der Waals surface area (Å²) in [5.41, 5.74) is 2.07. The smallest absolute Gasteiger partial charge is 0.265 e. The first kappa shape index (κ1) is 23.6. The molecule has 0 unspecified atom stereocenters. The molecule has 170 valence electrons. The number of aryl methyl sites for hydroxylation is 1. The van der Waals surface area contributed by atoms with Gasteiger partial charge in [0.15, 0.2) is 0 Å². The summed E-state index contributed by atoms with van der Waals surface area (Å²) in [5.74, 6) is -0.282. The molecular formula is C24H20Cl2N2O3S2. The van der Waals surface area contributed by atoms with Crippen molar-refractivity contribution < 1.29 is 13.2 Å². The van der Waals surface area contributed by atoms with Crippen LogP contribution >= 0.6 is 34.5 Å². The molecule has 0 bridgehead atoms. The molecule has 0 aliphatic rings. The quantitative estimate of drug-likeness (QED) is 0.299. The highest BCUT2D eigenvalue weighted by molar-refractivity contribution is 7.92. The third-order valence-electron chi connectivity index (χ3n) is 5.09. The van der Waals surface area contributed by atoms with Crippen LogP contribution in [0, 0.1) is 6.92 Å². The molecule has 0 radical (unpaired) electrons. The Morgan fingerprint density at radius 3 is 2.36 bits per heavy atom. The van der Waals surface area contributed by atoms with Gasteiger partial charge in [-0.3, -0.25) is 9.10 Å². The van der Waals surface area contributed by atoms with Gasteiger partial charge in [0, 0.05) is 16.9 Å². The second-order valence-corrected chi connectivity index (χ2v) is 11.2. The number of halogens is 2. The van der Waals surface area contributed by atoms with Gasteiger partial charge in [-0.15, -0.1) is 11.3 Å². The number of anilines is 2. The predicted octanol–water partition coefficient (Wildman–Crippen LogP) is 6.98. The number of hydrogen-bond donors (Lipinski definition) is 1. The van der Waals surface area contributed by atoms with Crippen molar-refractivity contribution in [2.45, 2.75) is 18.7 Å². The largest absolute Gasteiger partial charge is 0.321 e. The van der Waals surface area contributed by atoms with Crippen molar-refractivity contribution in [1.29, 1.82) is 0 Å². The highest BCUT2D eigenvalue weighted by atomic mass is 35.5. The molecule has 1 N–H and O–H groups in total. The zero-order chi connectivity index (χ0) is 23.8. The molecule has 1 heterocycles. The molecule has 0 fully saturated rings. The molecule has 1 amide bonds. The number of benzene rings is 3. The summed E-state index contributed by atoms with van der Waals surface area (Å²) in [5, 5.41) is 4.35. The van der Waals surface area contributed by atoms with E-state index in [1.165, 1.54) is 15.6 Å². The van der Waals surface area contributed by atoms with E-state index in [2.05, 4.69) is 5.32 Å². The molecule has 0 saturated carbocycles. The van der Waals surface area contributed by atoms with E-state index in [0.717, 1.165) is 15.6 Å². The van der Waals surface area contributed by atoms with Crippen molar-refractivity contribution in [2.75, 3.05) is 16.2 Å². The summed E-state index contributed by atoms with van der Waals surface area (Å²) >= 11 is 13.3. The number of hydrogen-bond acceptors (Lipinski definition) is 4. The lowest BCUT2D eigenvalue weighted by Gasteiger charge is -2.23. The van der Waals surface area contributed by atoms with Gasteiger partial charge in [-0.25, -0.2) is 8.42 Å². The summed E-state index contributed by atoms with van der Waals surface area (Å²) < 4.78 is 28.7. The lowest BCUT2D eigenvalue weighted by atomic mass is 10.2. The van der Waals surface area contributed by atoms with Crippen molar-refractivity contribution in [3.63, 3.8) is 0 Å². The Hall–Kier alpha value is -2.58. The van der Waals surface area contributed by atoms with Crippen LogP contribution < -0.4 is 9.62 Å². The Bertz CT molecular complexity index is 1450. The zero-order valence-corrected chi connectivity index (χ0v) is 20.9. The zero-order valence-electron chi connectivity index (χ0n) is 17.8. The Morgan fingerprint density at radius 2 is 1.70 bits per heavy atom. The van der Waals surface area contributed by atoms with Gasteiger partial charge in [0.25, 0.3) is 15.9 Å². The Kier molecular flexibility index (Phi) is 6.68. The lowest BCUT2D eigenvalue weighted by Crippen LogP contribution is -2.30. The first-order valence-electron chi connectivity index (χ1n) is 10.1. The van der Waals surface area contributed by atoms with E-state index in [0.29, 0.717) is 26.3 Å². The van der Waals surface area contributed by atoms with Crippen molar-refractivity contribution in [2.24, 2.45) is 0 Å². The topological polar surface area (TPSA) is 66.5 Å². The minimum Gasteiger partial charge on any atom is -0.321 e. The summed E-state index contributed by atoms with van der Waals surface area (Å²) in [6.07, 6.45) is 0. The summed E-state index contributed by atoms with van der Waals surface area (Å²) in [7, 11) is -3.71. The van der Waals surface area contributed by atoms with E-state index >= 15 is 0 Å². The molecule has 0 saturated heterocycles. The molecule has 0 spiro atoms. The molecule has 5 nitrogen and oxygen atoms in total. The van der Waals surface area contributed by atoms with E-state index < -0.39 is 10.0 Å². The van der Waals surface area contributed by atoms with Crippen LogP contribution in [0.3, 0.4) is 0 Å². The molecule has 9 heteroatoms. The monoisotopic (exact) mass is 518 g/mol. The van der Waals surface area contributed by atoms with E-state index in [9.17, 15) is 13.2 Å². The maximum absolute atomic E-state index is 13.2. The second-order valence-electron chi connectivity index (χ2n) is 7.40. The van der Waals surface area contributed by atoms with Crippen LogP contribution in [0.4, 0.5) is 11.4 Å². The van der Waals surface area contributed by atoms with Gasteiger partial charge in [0.05, 0.1) is 25.5 Å². The van der Waals surface area contributed by atoms with Crippen LogP contribution in [0.5, 0.6) is 0 Å². The Balaban J connectivity index is 1.63. The minimum atomic E-state index is -3.71. The number of carbonyl (C=O) groups is 1. The van der Waals surface area contributed by atoms with Gasteiger partial charge < -0.3 is 5.32 Å². The molecule has 1 aromatic heterocycles. The van der Waals surface area contributed by atoms with Crippen LogP contribution in [0.1, 0.15) is 22.2 Å². The second kappa shape index (κ2) is 9.35. The molecular weight excluding hydrogens is 499 g/mol. The lowest BCUT2D eigenvalue weighted by molar-refractivity contribution is 0.103. The number of fused-ring (bicyclic) bond motifs is 1. The van der Waals surface area contributed by atoms with Gasteiger partial charge in [0.2, 0.25) is 0 Å². The average Bonchev–Trinajstić information content (AvgIpc) is 3.21. The van der Waals surface area contributed by atoms with Crippen LogP contribution in [-0.4, -0.2) is 20.9 Å². The fourth-order valence-electron chi connectivity index (χ4n) is 3.39. The summed E-state index contributed by atoms with van der Waals surface area (Å²) in [6, 6.07) is 18.8. The number of amides is 1. The van der Waals surface area contributed by atoms with Gasteiger partial charge in [0.1, 0.15) is 0 Å². The van der Waals surface area contributed by atoms with Gasteiger partial charge in [-0.2, -0.15) is 0 Å². The van der Waals surface area contributed by atoms with Crippen LogP contribution in [0.2, 0.25) is 10.0 Å². The summed E-state index contributed by atoms with van der Waals surface area (Å²) in [6.45, 7) is 3.98. The normalized spacial score (nSPS) is 11.5. The number of carbonyl (C=O) groups excluding carboxylic acids is 1. The average molecular weight is 519 g/mol. The molecule has 4 rings (SSSR count). The number of nitrogens with one attached hydrogen (secondary N) is 1.